The van der Waals surface area contributed by atoms with Crippen molar-refractivity contribution in [2.75, 3.05) is 0 Å². The molecule has 2 N–H and O–H groups in total. The second-order valence-electron chi connectivity index (χ2n) is 3.31. The lowest BCUT2D eigenvalue weighted by Gasteiger charge is -2.15. The molecule has 1 heterocycles. The van der Waals surface area contributed by atoms with Crippen molar-refractivity contribution >= 4 is 11.9 Å². The van der Waals surface area contributed by atoms with E-state index in [4.69, 9.17) is 5.11 Å². The first-order chi connectivity index (χ1) is 8.30. The van der Waals surface area contributed by atoms with Gasteiger partial charge in [0.1, 0.15) is 12.4 Å². The van der Waals surface area contributed by atoms with Crippen molar-refractivity contribution in [3.05, 3.63) is 24.3 Å². The molecule has 0 fully saturated rings. The van der Waals surface area contributed by atoms with Crippen LogP contribution in [0.25, 0.3) is 0 Å². The summed E-state index contributed by atoms with van der Waals surface area (Å²) in [6.45, 7) is 0. The summed E-state index contributed by atoms with van der Waals surface area (Å²) in [4.78, 5) is 28.6. The number of aromatic nitrogens is 2. The minimum absolute atomic E-state index is 0.298. The van der Waals surface area contributed by atoms with Gasteiger partial charge in [0.15, 0.2) is 0 Å². The summed E-state index contributed by atoms with van der Waals surface area (Å²) in [6, 6.07) is -1.69. The van der Waals surface area contributed by atoms with E-state index < -0.39 is 24.1 Å². The summed E-state index contributed by atoms with van der Waals surface area (Å²) in [6.07, 6.45) is -1.77. The van der Waals surface area contributed by atoms with Gasteiger partial charge < -0.3 is 10.4 Å². The smallest absolute Gasteiger partial charge is 0.471 e. The van der Waals surface area contributed by atoms with Crippen molar-refractivity contribution in [3.63, 3.8) is 0 Å². The van der Waals surface area contributed by atoms with E-state index in [9.17, 15) is 22.8 Å². The molecule has 1 aromatic heterocycles. The zero-order valence-corrected chi connectivity index (χ0v) is 8.81. The number of carboxylic acid groups (broad SMARTS) is 1. The Morgan fingerprint density at radius 3 is 2.33 bits per heavy atom. The van der Waals surface area contributed by atoms with Crippen LogP contribution in [0.1, 0.15) is 5.56 Å². The number of carbonyl (C=O) groups excluding carboxylic acids is 1. The first kappa shape index (κ1) is 13.9. The van der Waals surface area contributed by atoms with Gasteiger partial charge in [-0.3, -0.25) is 4.79 Å². The fraction of sp³-hybridized carbons (Fsp3) is 0.333. The molecule has 0 saturated carbocycles. The third-order valence-corrected chi connectivity index (χ3v) is 1.91. The molecule has 0 spiro atoms. The minimum Gasteiger partial charge on any atom is -0.480 e. The highest BCUT2D eigenvalue weighted by molar-refractivity contribution is 5.87. The molecule has 6 nitrogen and oxygen atoms in total. The van der Waals surface area contributed by atoms with Gasteiger partial charge in [0, 0.05) is 18.8 Å². The first-order valence-corrected chi connectivity index (χ1v) is 4.65. The highest BCUT2D eigenvalue weighted by Crippen LogP contribution is 2.15. The van der Waals surface area contributed by atoms with Crippen LogP contribution in [0.2, 0.25) is 0 Å². The lowest BCUT2D eigenvalue weighted by molar-refractivity contribution is -0.175. The van der Waals surface area contributed by atoms with Crippen molar-refractivity contribution in [2.45, 2.75) is 18.6 Å². The molecule has 0 unspecified atom stereocenters. The molecule has 0 aliphatic rings. The average molecular weight is 263 g/mol. The van der Waals surface area contributed by atoms with Crippen LogP contribution in [0.4, 0.5) is 13.2 Å². The van der Waals surface area contributed by atoms with E-state index in [2.05, 4.69) is 9.97 Å². The molecule has 1 amide bonds. The molecular formula is C9H8F3N3O3. The second-order valence-corrected chi connectivity index (χ2v) is 3.31. The number of hydrogen-bond donors (Lipinski definition) is 2. The maximum absolute atomic E-state index is 12.0. The lowest BCUT2D eigenvalue weighted by Crippen LogP contribution is -2.47. The Hall–Kier alpha value is -2.19. The fourth-order valence-corrected chi connectivity index (χ4v) is 1.11. The van der Waals surface area contributed by atoms with E-state index in [-0.39, 0.29) is 6.42 Å². The Balaban J connectivity index is 2.73. The predicted octanol–water partition coefficient (Wildman–Crippen LogP) is 0.151. The zero-order chi connectivity index (χ0) is 13.8. The number of rotatable bonds is 4. The highest BCUT2D eigenvalue weighted by atomic mass is 19.4. The van der Waals surface area contributed by atoms with Crippen LogP contribution < -0.4 is 5.32 Å². The van der Waals surface area contributed by atoms with Gasteiger partial charge in [0.2, 0.25) is 0 Å². The number of carbonyl (C=O) groups is 2. The minimum atomic E-state index is -5.12. The van der Waals surface area contributed by atoms with Crippen molar-refractivity contribution in [2.24, 2.45) is 0 Å². The van der Waals surface area contributed by atoms with E-state index in [1.807, 2.05) is 0 Å². The lowest BCUT2D eigenvalue weighted by atomic mass is 10.1. The van der Waals surface area contributed by atoms with Gasteiger partial charge in [-0.05, 0) is 5.56 Å². The molecule has 0 aliphatic heterocycles. The summed E-state index contributed by atoms with van der Waals surface area (Å²) in [7, 11) is 0. The summed E-state index contributed by atoms with van der Waals surface area (Å²) in [5.74, 6) is -3.87. The number of alkyl halides is 3. The standard InChI is InChI=1S/C9H8F3N3O3/c10-9(11,12)8(18)15-6(7(16)17)1-5-2-13-4-14-3-5/h2-4,6H,1H2,(H,15,18)(H,16,17)/t6-/m1/s1. The Morgan fingerprint density at radius 1 is 1.33 bits per heavy atom. The number of nitrogens with zero attached hydrogens (tertiary/aromatic N) is 2. The van der Waals surface area contributed by atoms with Gasteiger partial charge in [0.25, 0.3) is 0 Å². The summed E-state index contributed by atoms with van der Waals surface area (Å²) < 4.78 is 35.9. The van der Waals surface area contributed by atoms with Crippen molar-refractivity contribution < 1.29 is 27.9 Å². The number of hydrogen-bond acceptors (Lipinski definition) is 4. The average Bonchev–Trinajstić information content (AvgIpc) is 2.28. The van der Waals surface area contributed by atoms with Gasteiger partial charge in [-0.15, -0.1) is 0 Å². The molecule has 0 bridgehead atoms. The van der Waals surface area contributed by atoms with Crippen molar-refractivity contribution in [1.29, 1.82) is 0 Å². The molecule has 98 valence electrons. The quantitative estimate of drug-likeness (QED) is 0.806. The van der Waals surface area contributed by atoms with Gasteiger partial charge in [-0.1, -0.05) is 0 Å². The van der Waals surface area contributed by atoms with Crippen LogP contribution in [0.5, 0.6) is 0 Å². The molecule has 1 rings (SSSR count). The van der Waals surface area contributed by atoms with Crippen molar-refractivity contribution in [3.8, 4) is 0 Å². The highest BCUT2D eigenvalue weighted by Gasteiger charge is 2.40. The molecule has 0 aliphatic carbocycles. The second kappa shape index (κ2) is 5.43. The topological polar surface area (TPSA) is 92.2 Å². The Morgan fingerprint density at radius 2 is 1.89 bits per heavy atom. The van der Waals surface area contributed by atoms with E-state index in [0.717, 1.165) is 0 Å². The number of amides is 1. The first-order valence-electron chi connectivity index (χ1n) is 4.65. The summed E-state index contributed by atoms with van der Waals surface area (Å²) in [5, 5.41) is 10.1. The molecular weight excluding hydrogens is 255 g/mol. The third-order valence-electron chi connectivity index (χ3n) is 1.91. The summed E-state index contributed by atoms with van der Waals surface area (Å²) in [5.41, 5.74) is 0.298. The molecule has 18 heavy (non-hydrogen) atoms. The molecule has 1 aromatic rings. The SMILES string of the molecule is O=C(O)[C@@H](Cc1cncnc1)NC(=O)C(F)(F)F. The van der Waals surface area contributed by atoms with E-state index in [1.165, 1.54) is 24.0 Å². The summed E-state index contributed by atoms with van der Waals surface area (Å²) >= 11 is 0. The van der Waals surface area contributed by atoms with Gasteiger partial charge in [0.05, 0.1) is 0 Å². The van der Waals surface area contributed by atoms with Crippen LogP contribution in [0, 0.1) is 0 Å². The van der Waals surface area contributed by atoms with Gasteiger partial charge in [-0.25, -0.2) is 14.8 Å². The number of nitrogens with one attached hydrogen (secondary N) is 1. The molecule has 0 radical (unpaired) electrons. The van der Waals surface area contributed by atoms with Crippen LogP contribution in [-0.2, 0) is 16.0 Å². The van der Waals surface area contributed by atoms with E-state index in [0.29, 0.717) is 5.56 Å². The zero-order valence-electron chi connectivity index (χ0n) is 8.81. The van der Waals surface area contributed by atoms with Gasteiger partial charge in [-0.2, -0.15) is 13.2 Å². The molecule has 0 saturated heterocycles. The van der Waals surface area contributed by atoms with Crippen LogP contribution >= 0.6 is 0 Å². The number of carboxylic acids is 1. The normalized spacial score (nSPS) is 12.8. The third kappa shape index (κ3) is 4.00. The Kier molecular flexibility index (Phi) is 4.18. The van der Waals surface area contributed by atoms with Crippen LogP contribution in [-0.4, -0.2) is 39.2 Å². The molecule has 9 heteroatoms. The van der Waals surface area contributed by atoms with E-state index in [1.54, 1.807) is 0 Å². The maximum Gasteiger partial charge on any atom is 0.471 e. The van der Waals surface area contributed by atoms with Crippen LogP contribution in [0.3, 0.4) is 0 Å². The van der Waals surface area contributed by atoms with Gasteiger partial charge >= 0.3 is 18.1 Å². The molecule has 0 aromatic carbocycles. The van der Waals surface area contributed by atoms with Crippen LogP contribution in [0.15, 0.2) is 18.7 Å². The largest absolute Gasteiger partial charge is 0.480 e. The monoisotopic (exact) mass is 263 g/mol. The molecule has 1 atom stereocenters. The van der Waals surface area contributed by atoms with E-state index >= 15 is 0 Å². The Bertz CT molecular complexity index is 436. The maximum atomic E-state index is 12.0. The fourth-order valence-electron chi connectivity index (χ4n) is 1.11. The predicted molar refractivity (Wildman–Crippen MR) is 51.4 cm³/mol. The number of aliphatic carboxylic acids is 1. The number of halogens is 3. The Labute approximate surface area is 98.9 Å². The van der Waals surface area contributed by atoms with Crippen molar-refractivity contribution in [1.82, 2.24) is 15.3 Å².